The van der Waals surface area contributed by atoms with Gasteiger partial charge in [0.1, 0.15) is 5.75 Å². The Hall–Kier alpha value is -1.38. The van der Waals surface area contributed by atoms with E-state index in [9.17, 15) is 0 Å². The molecule has 3 heteroatoms. The largest absolute Gasteiger partial charge is 0.491 e. The molecule has 0 fully saturated rings. The number of nitrogens with zero attached hydrogens (tertiary/aromatic N) is 1. The summed E-state index contributed by atoms with van der Waals surface area (Å²) in [7, 11) is 4.01. The zero-order chi connectivity index (χ0) is 13.1. The third-order valence-electron chi connectivity index (χ3n) is 2.62. The van der Waals surface area contributed by atoms with E-state index in [2.05, 4.69) is 20.8 Å². The van der Waals surface area contributed by atoms with E-state index in [-0.39, 0.29) is 5.41 Å². The van der Waals surface area contributed by atoms with E-state index in [1.165, 1.54) is 0 Å². The highest BCUT2D eigenvalue weighted by Crippen LogP contribution is 2.28. The highest BCUT2D eigenvalue weighted by atomic mass is 16.5. The average molecular weight is 236 g/mol. The Balaban J connectivity index is 2.67. The summed E-state index contributed by atoms with van der Waals surface area (Å²) >= 11 is 0. The standard InChI is InChI=1S/C14H24N2O/c1-14(2,3)8-9-17-13-10-11(16(4)5)6-7-12(13)15/h6-7,10H,8-9,15H2,1-5H3. The molecular formula is C14H24N2O. The van der Waals surface area contributed by atoms with E-state index in [0.717, 1.165) is 17.9 Å². The van der Waals surface area contributed by atoms with Gasteiger partial charge in [0.25, 0.3) is 0 Å². The van der Waals surface area contributed by atoms with Crippen molar-refractivity contribution in [3.8, 4) is 5.75 Å². The molecule has 3 nitrogen and oxygen atoms in total. The van der Waals surface area contributed by atoms with Gasteiger partial charge in [0, 0.05) is 25.8 Å². The van der Waals surface area contributed by atoms with Gasteiger partial charge in [-0.15, -0.1) is 0 Å². The Morgan fingerprint density at radius 3 is 2.41 bits per heavy atom. The van der Waals surface area contributed by atoms with Crippen LogP contribution in [0.25, 0.3) is 0 Å². The van der Waals surface area contributed by atoms with Gasteiger partial charge in [0.05, 0.1) is 12.3 Å². The molecule has 0 unspecified atom stereocenters. The molecule has 0 bridgehead atoms. The van der Waals surface area contributed by atoms with E-state index in [1.807, 2.05) is 37.2 Å². The number of rotatable bonds is 4. The monoisotopic (exact) mass is 236 g/mol. The molecule has 1 aromatic carbocycles. The number of hydrogen-bond donors (Lipinski definition) is 1. The van der Waals surface area contributed by atoms with Crippen LogP contribution in [-0.2, 0) is 0 Å². The molecule has 0 radical (unpaired) electrons. The molecule has 0 spiro atoms. The van der Waals surface area contributed by atoms with Crippen molar-refractivity contribution in [1.29, 1.82) is 0 Å². The second kappa shape index (κ2) is 5.30. The second-order valence-corrected chi connectivity index (χ2v) is 5.78. The number of benzene rings is 1. The molecule has 0 amide bonds. The fraction of sp³-hybridized carbons (Fsp3) is 0.571. The van der Waals surface area contributed by atoms with Crippen LogP contribution in [0.3, 0.4) is 0 Å². The highest BCUT2D eigenvalue weighted by molar-refractivity contribution is 5.61. The van der Waals surface area contributed by atoms with Gasteiger partial charge in [-0.3, -0.25) is 0 Å². The van der Waals surface area contributed by atoms with Crippen molar-refractivity contribution in [2.75, 3.05) is 31.3 Å². The van der Waals surface area contributed by atoms with Gasteiger partial charge in [-0.2, -0.15) is 0 Å². The lowest BCUT2D eigenvalue weighted by molar-refractivity contribution is 0.244. The molecule has 0 heterocycles. The van der Waals surface area contributed by atoms with Gasteiger partial charge in [0.15, 0.2) is 0 Å². The fourth-order valence-corrected chi connectivity index (χ4v) is 1.39. The minimum Gasteiger partial charge on any atom is -0.491 e. The van der Waals surface area contributed by atoms with E-state index in [1.54, 1.807) is 0 Å². The van der Waals surface area contributed by atoms with Crippen LogP contribution in [0.1, 0.15) is 27.2 Å². The first kappa shape index (κ1) is 13.7. The van der Waals surface area contributed by atoms with E-state index in [0.29, 0.717) is 12.3 Å². The first-order chi connectivity index (χ1) is 7.79. The maximum absolute atomic E-state index is 5.90. The Bertz CT molecular complexity index is 367. The van der Waals surface area contributed by atoms with Gasteiger partial charge in [-0.25, -0.2) is 0 Å². The summed E-state index contributed by atoms with van der Waals surface area (Å²) in [6.45, 7) is 7.31. The average Bonchev–Trinajstić information content (AvgIpc) is 2.18. The van der Waals surface area contributed by atoms with Gasteiger partial charge < -0.3 is 15.4 Å². The SMILES string of the molecule is CN(C)c1ccc(N)c(OCCC(C)(C)C)c1. The first-order valence-corrected chi connectivity index (χ1v) is 5.99. The number of nitrogen functional groups attached to an aromatic ring is 1. The molecule has 1 aromatic rings. The summed E-state index contributed by atoms with van der Waals surface area (Å²) in [4.78, 5) is 2.04. The topological polar surface area (TPSA) is 38.5 Å². The zero-order valence-corrected chi connectivity index (χ0v) is 11.6. The van der Waals surface area contributed by atoms with Gasteiger partial charge in [-0.1, -0.05) is 20.8 Å². The van der Waals surface area contributed by atoms with E-state index >= 15 is 0 Å². The summed E-state index contributed by atoms with van der Waals surface area (Å²) in [6, 6.07) is 5.87. The van der Waals surface area contributed by atoms with Crippen molar-refractivity contribution in [3.63, 3.8) is 0 Å². The first-order valence-electron chi connectivity index (χ1n) is 5.99. The molecule has 17 heavy (non-hydrogen) atoms. The number of nitrogens with two attached hydrogens (primary N) is 1. The minimum absolute atomic E-state index is 0.286. The molecule has 0 aliphatic carbocycles. The van der Waals surface area contributed by atoms with Crippen LogP contribution in [-0.4, -0.2) is 20.7 Å². The molecule has 0 aromatic heterocycles. The van der Waals surface area contributed by atoms with Crippen LogP contribution in [0.5, 0.6) is 5.75 Å². The molecule has 2 N–H and O–H groups in total. The zero-order valence-electron chi connectivity index (χ0n) is 11.6. The van der Waals surface area contributed by atoms with E-state index in [4.69, 9.17) is 10.5 Å². The molecule has 0 saturated heterocycles. The molecule has 1 rings (SSSR count). The predicted molar refractivity (Wildman–Crippen MR) is 74.7 cm³/mol. The number of ether oxygens (including phenoxy) is 1. The van der Waals surface area contributed by atoms with Crippen molar-refractivity contribution in [2.24, 2.45) is 5.41 Å². The summed E-state index contributed by atoms with van der Waals surface area (Å²) in [5.41, 5.74) is 7.98. The minimum atomic E-state index is 0.286. The molecular weight excluding hydrogens is 212 g/mol. The summed E-state index contributed by atoms with van der Waals surface area (Å²) in [5, 5.41) is 0. The van der Waals surface area contributed by atoms with Crippen molar-refractivity contribution >= 4 is 11.4 Å². The third kappa shape index (κ3) is 4.55. The van der Waals surface area contributed by atoms with Crippen LogP contribution in [0.2, 0.25) is 0 Å². The molecule has 0 aliphatic heterocycles. The van der Waals surface area contributed by atoms with Crippen molar-refractivity contribution < 1.29 is 4.74 Å². The Kier molecular flexibility index (Phi) is 4.27. The van der Waals surface area contributed by atoms with Crippen LogP contribution in [0.15, 0.2) is 18.2 Å². The Morgan fingerprint density at radius 1 is 1.24 bits per heavy atom. The second-order valence-electron chi connectivity index (χ2n) is 5.78. The van der Waals surface area contributed by atoms with Crippen LogP contribution in [0, 0.1) is 5.41 Å². The third-order valence-corrected chi connectivity index (χ3v) is 2.62. The van der Waals surface area contributed by atoms with Gasteiger partial charge in [0.2, 0.25) is 0 Å². The van der Waals surface area contributed by atoms with E-state index < -0.39 is 0 Å². The van der Waals surface area contributed by atoms with Gasteiger partial charge in [-0.05, 0) is 24.0 Å². The van der Waals surface area contributed by atoms with Crippen LogP contribution < -0.4 is 15.4 Å². The Morgan fingerprint density at radius 2 is 1.88 bits per heavy atom. The normalized spacial score (nSPS) is 11.4. The number of hydrogen-bond acceptors (Lipinski definition) is 3. The lowest BCUT2D eigenvalue weighted by Gasteiger charge is -2.20. The number of anilines is 2. The van der Waals surface area contributed by atoms with Crippen molar-refractivity contribution in [1.82, 2.24) is 0 Å². The lowest BCUT2D eigenvalue weighted by Crippen LogP contribution is -2.12. The molecule has 96 valence electrons. The smallest absolute Gasteiger partial charge is 0.144 e. The van der Waals surface area contributed by atoms with Crippen LogP contribution in [0.4, 0.5) is 11.4 Å². The summed E-state index contributed by atoms with van der Waals surface area (Å²) in [5.74, 6) is 0.778. The summed E-state index contributed by atoms with van der Waals surface area (Å²) in [6.07, 6.45) is 1.01. The molecule has 0 aliphatic rings. The molecule has 0 atom stereocenters. The maximum atomic E-state index is 5.90. The molecule has 0 saturated carbocycles. The fourth-order valence-electron chi connectivity index (χ4n) is 1.39. The summed E-state index contributed by atoms with van der Waals surface area (Å²) < 4.78 is 5.75. The predicted octanol–water partition coefficient (Wildman–Crippen LogP) is 3.15. The van der Waals surface area contributed by atoms with Crippen molar-refractivity contribution in [3.05, 3.63) is 18.2 Å². The maximum Gasteiger partial charge on any atom is 0.144 e. The Labute approximate surface area is 105 Å². The quantitative estimate of drug-likeness (QED) is 0.816. The highest BCUT2D eigenvalue weighted by Gasteiger charge is 2.11. The lowest BCUT2D eigenvalue weighted by atomic mass is 9.93. The van der Waals surface area contributed by atoms with Crippen LogP contribution >= 0.6 is 0 Å². The van der Waals surface area contributed by atoms with Crippen molar-refractivity contribution in [2.45, 2.75) is 27.2 Å². The van der Waals surface area contributed by atoms with Gasteiger partial charge >= 0.3 is 0 Å².